The molecule has 1 heterocycles. The second-order valence-corrected chi connectivity index (χ2v) is 5.84. The number of rotatable bonds is 5. The van der Waals surface area contributed by atoms with Gasteiger partial charge in [0.2, 0.25) is 5.91 Å². The van der Waals surface area contributed by atoms with Crippen LogP contribution in [0.15, 0.2) is 46.9 Å². The molecule has 0 fully saturated rings. The molecule has 0 atom stereocenters. The van der Waals surface area contributed by atoms with E-state index in [1.54, 1.807) is 18.2 Å². The average molecular weight is 358 g/mol. The van der Waals surface area contributed by atoms with Crippen LogP contribution in [-0.4, -0.2) is 23.3 Å². The molecule has 2 aromatic carbocycles. The van der Waals surface area contributed by atoms with Gasteiger partial charge >= 0.3 is 0 Å². The number of nitrogens with zero attached hydrogens (tertiary/aromatic N) is 1. The number of oxazole rings is 1. The Balaban J connectivity index is 1.53. The summed E-state index contributed by atoms with van der Waals surface area (Å²) in [5, 5.41) is 5.56. The summed E-state index contributed by atoms with van der Waals surface area (Å²) in [5.74, 6) is -0.454. The summed E-state index contributed by atoms with van der Waals surface area (Å²) in [6.07, 6.45) is 0.177. The lowest BCUT2D eigenvalue weighted by atomic mass is 10.2. The largest absolute Gasteiger partial charge is 0.428 e. The third kappa shape index (κ3) is 4.16. The van der Waals surface area contributed by atoms with Crippen LogP contribution in [0.3, 0.4) is 0 Å². The predicted octanol–water partition coefficient (Wildman–Crippen LogP) is 3.55. The van der Waals surface area contributed by atoms with Gasteiger partial charge in [0, 0.05) is 24.2 Å². The highest BCUT2D eigenvalue weighted by molar-refractivity contribution is 6.28. The molecular weight excluding hydrogens is 342 g/mol. The molecule has 2 N–H and O–H groups in total. The first kappa shape index (κ1) is 17.0. The number of para-hydroxylation sites is 1. The number of hydrogen-bond acceptors (Lipinski definition) is 4. The lowest BCUT2D eigenvalue weighted by molar-refractivity contribution is -0.116. The van der Waals surface area contributed by atoms with Crippen molar-refractivity contribution in [1.29, 1.82) is 0 Å². The molecule has 0 aliphatic carbocycles. The second kappa shape index (κ2) is 7.36. The van der Waals surface area contributed by atoms with Crippen molar-refractivity contribution in [3.63, 3.8) is 0 Å². The van der Waals surface area contributed by atoms with E-state index in [0.29, 0.717) is 16.7 Å². The maximum Gasteiger partial charge on any atom is 0.293 e. The molecule has 3 aromatic rings. The van der Waals surface area contributed by atoms with Crippen LogP contribution in [-0.2, 0) is 4.79 Å². The molecule has 3 rings (SSSR count). The molecule has 7 heteroatoms. The second-order valence-electron chi connectivity index (χ2n) is 5.52. The Morgan fingerprint density at radius 3 is 2.80 bits per heavy atom. The molecule has 128 valence electrons. The Labute approximate surface area is 149 Å². The first-order chi connectivity index (χ1) is 12.0. The molecule has 25 heavy (non-hydrogen) atoms. The van der Waals surface area contributed by atoms with Gasteiger partial charge in [0.15, 0.2) is 5.58 Å². The third-order valence-corrected chi connectivity index (χ3v) is 3.84. The van der Waals surface area contributed by atoms with Gasteiger partial charge in [-0.3, -0.25) is 9.59 Å². The summed E-state index contributed by atoms with van der Waals surface area (Å²) in [6, 6.07) is 12.4. The molecular formula is C18H16ClN3O3. The van der Waals surface area contributed by atoms with Gasteiger partial charge < -0.3 is 15.1 Å². The van der Waals surface area contributed by atoms with E-state index in [1.165, 1.54) is 0 Å². The minimum absolute atomic E-state index is 0.0282. The van der Waals surface area contributed by atoms with E-state index in [4.69, 9.17) is 16.0 Å². The number of hydrogen-bond donors (Lipinski definition) is 2. The minimum Gasteiger partial charge on any atom is -0.428 e. The summed E-state index contributed by atoms with van der Waals surface area (Å²) in [7, 11) is 0. The Bertz CT molecular complexity index is 936. The number of fused-ring (bicyclic) bond motifs is 1. The van der Waals surface area contributed by atoms with Crippen molar-refractivity contribution in [2.45, 2.75) is 13.3 Å². The Morgan fingerprint density at radius 2 is 2.00 bits per heavy atom. The zero-order valence-corrected chi connectivity index (χ0v) is 14.3. The molecule has 0 radical (unpaired) electrons. The highest BCUT2D eigenvalue weighted by Gasteiger charge is 2.11. The van der Waals surface area contributed by atoms with Crippen molar-refractivity contribution in [2.24, 2.45) is 0 Å². The van der Waals surface area contributed by atoms with Crippen molar-refractivity contribution in [2.75, 3.05) is 11.9 Å². The number of carbonyl (C=O) groups excluding carboxylic acids is 2. The van der Waals surface area contributed by atoms with Crippen molar-refractivity contribution in [1.82, 2.24) is 10.3 Å². The number of aryl methyl sites for hydroxylation is 1. The molecule has 0 aliphatic heterocycles. The molecule has 0 saturated heterocycles. The SMILES string of the molecule is Cc1ccccc1NC(=O)CCNC(=O)c1ccc2nc(Cl)oc2c1. The molecule has 0 unspecified atom stereocenters. The lowest BCUT2D eigenvalue weighted by Gasteiger charge is -2.08. The summed E-state index contributed by atoms with van der Waals surface area (Å²) >= 11 is 5.69. The highest BCUT2D eigenvalue weighted by atomic mass is 35.5. The molecule has 0 spiro atoms. The van der Waals surface area contributed by atoms with Crippen LogP contribution >= 0.6 is 11.6 Å². The Morgan fingerprint density at radius 1 is 1.20 bits per heavy atom. The van der Waals surface area contributed by atoms with Crippen LogP contribution in [0.4, 0.5) is 5.69 Å². The first-order valence-electron chi connectivity index (χ1n) is 7.73. The fraction of sp³-hybridized carbons (Fsp3) is 0.167. The van der Waals surface area contributed by atoms with Gasteiger partial charge in [-0.2, -0.15) is 4.98 Å². The number of anilines is 1. The van der Waals surface area contributed by atoms with Crippen LogP contribution < -0.4 is 10.6 Å². The van der Waals surface area contributed by atoms with Crippen LogP contribution in [0.5, 0.6) is 0 Å². The van der Waals surface area contributed by atoms with E-state index in [2.05, 4.69) is 15.6 Å². The normalized spacial score (nSPS) is 10.6. The maximum atomic E-state index is 12.2. The number of benzene rings is 2. The number of halogens is 1. The monoisotopic (exact) mass is 357 g/mol. The third-order valence-electron chi connectivity index (χ3n) is 3.68. The highest BCUT2D eigenvalue weighted by Crippen LogP contribution is 2.20. The van der Waals surface area contributed by atoms with Crippen LogP contribution in [0.2, 0.25) is 5.35 Å². The number of amides is 2. The molecule has 2 amide bonds. The molecule has 0 saturated carbocycles. The van der Waals surface area contributed by atoms with E-state index in [0.717, 1.165) is 11.3 Å². The van der Waals surface area contributed by atoms with Crippen LogP contribution in [0.1, 0.15) is 22.3 Å². The summed E-state index contributed by atoms with van der Waals surface area (Å²) in [6.45, 7) is 2.15. The quantitative estimate of drug-likeness (QED) is 0.731. The molecule has 1 aromatic heterocycles. The zero-order valence-electron chi connectivity index (χ0n) is 13.5. The topological polar surface area (TPSA) is 84.2 Å². The van der Waals surface area contributed by atoms with Crippen molar-refractivity contribution in [3.05, 3.63) is 58.9 Å². The van der Waals surface area contributed by atoms with Crippen molar-refractivity contribution >= 4 is 40.2 Å². The number of aromatic nitrogens is 1. The molecule has 0 bridgehead atoms. The van der Waals surface area contributed by atoms with Gasteiger partial charge in [0.05, 0.1) is 0 Å². The Kier molecular flexibility index (Phi) is 5.00. The standard InChI is InChI=1S/C18H16ClN3O3/c1-11-4-2-3-5-13(11)21-16(23)8-9-20-17(24)12-6-7-14-15(10-12)25-18(19)22-14/h2-7,10H,8-9H2,1H3,(H,20,24)(H,21,23). The van der Waals surface area contributed by atoms with Crippen LogP contribution in [0.25, 0.3) is 11.1 Å². The number of nitrogens with one attached hydrogen (secondary N) is 2. The maximum absolute atomic E-state index is 12.2. The van der Waals surface area contributed by atoms with Gasteiger partial charge in [0.1, 0.15) is 5.52 Å². The van der Waals surface area contributed by atoms with E-state index in [1.807, 2.05) is 31.2 Å². The fourth-order valence-electron chi connectivity index (χ4n) is 2.36. The number of carbonyl (C=O) groups is 2. The summed E-state index contributed by atoms with van der Waals surface area (Å²) in [4.78, 5) is 28.1. The first-order valence-corrected chi connectivity index (χ1v) is 8.10. The van der Waals surface area contributed by atoms with Gasteiger partial charge in [-0.25, -0.2) is 0 Å². The summed E-state index contributed by atoms with van der Waals surface area (Å²) < 4.78 is 5.19. The van der Waals surface area contributed by atoms with E-state index in [-0.39, 0.29) is 30.1 Å². The van der Waals surface area contributed by atoms with Gasteiger partial charge in [0.25, 0.3) is 11.3 Å². The van der Waals surface area contributed by atoms with Crippen molar-refractivity contribution < 1.29 is 14.0 Å². The van der Waals surface area contributed by atoms with Gasteiger partial charge in [-0.1, -0.05) is 18.2 Å². The average Bonchev–Trinajstić information content (AvgIpc) is 2.96. The minimum atomic E-state index is -0.293. The van der Waals surface area contributed by atoms with Gasteiger partial charge in [-0.05, 0) is 48.4 Å². The summed E-state index contributed by atoms with van der Waals surface area (Å²) in [5.41, 5.74) is 3.19. The van der Waals surface area contributed by atoms with E-state index >= 15 is 0 Å². The van der Waals surface area contributed by atoms with Crippen molar-refractivity contribution in [3.8, 4) is 0 Å². The predicted molar refractivity (Wildman–Crippen MR) is 95.8 cm³/mol. The molecule has 6 nitrogen and oxygen atoms in total. The smallest absolute Gasteiger partial charge is 0.293 e. The fourth-order valence-corrected chi connectivity index (χ4v) is 2.53. The molecule has 0 aliphatic rings. The van der Waals surface area contributed by atoms with Gasteiger partial charge in [-0.15, -0.1) is 0 Å². The van der Waals surface area contributed by atoms with E-state index in [9.17, 15) is 9.59 Å². The zero-order chi connectivity index (χ0) is 17.8. The van der Waals surface area contributed by atoms with Crippen LogP contribution in [0, 0.1) is 6.92 Å². The lowest BCUT2D eigenvalue weighted by Crippen LogP contribution is -2.27. The Hall–Kier alpha value is -2.86. The van der Waals surface area contributed by atoms with E-state index < -0.39 is 0 Å².